The molecule has 2 rings (SSSR count). The number of nitrogens with zero attached hydrogens (tertiary/aromatic N) is 1. The van der Waals surface area contributed by atoms with Crippen molar-refractivity contribution in [3.05, 3.63) is 30.1 Å². The summed E-state index contributed by atoms with van der Waals surface area (Å²) in [6, 6.07) is 4.14. The summed E-state index contributed by atoms with van der Waals surface area (Å²) in [6.45, 7) is 3.04. The molecule has 1 aliphatic rings. The molecule has 0 saturated heterocycles. The molecule has 0 aromatic carbocycles. The minimum atomic E-state index is 0.244. The monoisotopic (exact) mass is 176 g/mol. The molecule has 1 aromatic rings. The van der Waals surface area contributed by atoms with Crippen molar-refractivity contribution in [2.45, 2.75) is 25.2 Å². The summed E-state index contributed by atoms with van der Waals surface area (Å²) in [6.07, 6.45) is 6.21. The Morgan fingerprint density at radius 1 is 1.62 bits per heavy atom. The molecule has 0 aliphatic heterocycles. The van der Waals surface area contributed by atoms with Gasteiger partial charge in [-0.3, -0.25) is 4.98 Å². The predicted molar refractivity (Wildman–Crippen MR) is 53.4 cm³/mol. The molecular formula is C11H16N2. The molecule has 0 bridgehead atoms. The Kier molecular flexibility index (Phi) is 2.08. The van der Waals surface area contributed by atoms with Crippen molar-refractivity contribution in [2.24, 2.45) is 11.7 Å². The van der Waals surface area contributed by atoms with Crippen LogP contribution in [0.4, 0.5) is 0 Å². The van der Waals surface area contributed by atoms with Crippen LogP contribution in [-0.4, -0.2) is 11.5 Å². The molecule has 2 heteroatoms. The first kappa shape index (κ1) is 8.70. The van der Waals surface area contributed by atoms with E-state index < -0.39 is 0 Å². The Balaban J connectivity index is 2.24. The van der Waals surface area contributed by atoms with Crippen LogP contribution in [-0.2, 0) is 5.41 Å². The van der Waals surface area contributed by atoms with E-state index in [2.05, 4.69) is 18.0 Å². The fourth-order valence-corrected chi connectivity index (χ4v) is 2.47. The Morgan fingerprint density at radius 2 is 2.38 bits per heavy atom. The summed E-state index contributed by atoms with van der Waals surface area (Å²) in [5.41, 5.74) is 7.39. The summed E-state index contributed by atoms with van der Waals surface area (Å²) in [5, 5.41) is 0. The number of hydrogen-bond acceptors (Lipinski definition) is 2. The molecule has 1 saturated carbocycles. The summed E-state index contributed by atoms with van der Waals surface area (Å²) < 4.78 is 0. The van der Waals surface area contributed by atoms with E-state index in [1.165, 1.54) is 18.4 Å². The van der Waals surface area contributed by atoms with Gasteiger partial charge in [0.1, 0.15) is 0 Å². The summed E-state index contributed by atoms with van der Waals surface area (Å²) in [4.78, 5) is 4.15. The highest BCUT2D eigenvalue weighted by Gasteiger charge is 2.42. The van der Waals surface area contributed by atoms with Crippen molar-refractivity contribution in [2.75, 3.05) is 6.54 Å². The van der Waals surface area contributed by atoms with Gasteiger partial charge in [-0.15, -0.1) is 0 Å². The Morgan fingerprint density at radius 3 is 2.85 bits per heavy atom. The zero-order valence-corrected chi connectivity index (χ0v) is 8.03. The number of pyridine rings is 1. The average Bonchev–Trinajstić information content (AvgIpc) is 2.14. The first-order valence-corrected chi connectivity index (χ1v) is 4.87. The lowest BCUT2D eigenvalue weighted by atomic mass is 9.59. The third-order valence-electron chi connectivity index (χ3n) is 3.14. The van der Waals surface area contributed by atoms with E-state index in [1.807, 2.05) is 18.5 Å². The first-order valence-electron chi connectivity index (χ1n) is 4.87. The van der Waals surface area contributed by atoms with Crippen LogP contribution < -0.4 is 5.73 Å². The molecule has 0 amide bonds. The van der Waals surface area contributed by atoms with Gasteiger partial charge in [-0.2, -0.15) is 0 Å². The van der Waals surface area contributed by atoms with Gasteiger partial charge in [0, 0.05) is 24.4 Å². The smallest absolute Gasteiger partial charge is 0.0306 e. The van der Waals surface area contributed by atoms with E-state index in [1.54, 1.807) is 0 Å². The van der Waals surface area contributed by atoms with Crippen LogP contribution in [0.15, 0.2) is 24.5 Å². The minimum absolute atomic E-state index is 0.244. The van der Waals surface area contributed by atoms with Gasteiger partial charge in [0.25, 0.3) is 0 Å². The van der Waals surface area contributed by atoms with Crippen molar-refractivity contribution >= 4 is 0 Å². The van der Waals surface area contributed by atoms with E-state index in [0.717, 1.165) is 12.5 Å². The van der Waals surface area contributed by atoms with E-state index in [0.29, 0.717) is 0 Å². The van der Waals surface area contributed by atoms with Gasteiger partial charge < -0.3 is 5.73 Å². The average molecular weight is 176 g/mol. The second-order valence-electron chi connectivity index (χ2n) is 4.24. The van der Waals surface area contributed by atoms with E-state index in [-0.39, 0.29) is 5.41 Å². The SMILES string of the molecule is CC1CC(CN)(c2cccnc2)C1. The minimum Gasteiger partial charge on any atom is -0.330 e. The summed E-state index contributed by atoms with van der Waals surface area (Å²) in [7, 11) is 0. The highest BCUT2D eigenvalue weighted by molar-refractivity contribution is 5.26. The summed E-state index contributed by atoms with van der Waals surface area (Å²) >= 11 is 0. The van der Waals surface area contributed by atoms with Crippen molar-refractivity contribution in [3.8, 4) is 0 Å². The van der Waals surface area contributed by atoms with Crippen LogP contribution in [0.3, 0.4) is 0 Å². The molecule has 70 valence electrons. The number of hydrogen-bond donors (Lipinski definition) is 1. The molecule has 1 fully saturated rings. The highest BCUT2D eigenvalue weighted by Crippen LogP contribution is 2.46. The van der Waals surface area contributed by atoms with Crippen LogP contribution in [0.2, 0.25) is 0 Å². The molecule has 0 unspecified atom stereocenters. The lowest BCUT2D eigenvalue weighted by molar-refractivity contribution is 0.164. The molecule has 0 radical (unpaired) electrons. The van der Waals surface area contributed by atoms with Crippen LogP contribution in [0, 0.1) is 5.92 Å². The van der Waals surface area contributed by atoms with Crippen LogP contribution in [0.25, 0.3) is 0 Å². The summed E-state index contributed by atoms with van der Waals surface area (Å²) in [5.74, 6) is 0.823. The van der Waals surface area contributed by atoms with Crippen LogP contribution in [0.1, 0.15) is 25.3 Å². The molecule has 13 heavy (non-hydrogen) atoms. The normalized spacial score (nSPS) is 32.6. The van der Waals surface area contributed by atoms with Crippen LogP contribution >= 0.6 is 0 Å². The number of rotatable bonds is 2. The predicted octanol–water partition coefficient (Wildman–Crippen LogP) is 1.71. The van der Waals surface area contributed by atoms with Gasteiger partial charge in [-0.25, -0.2) is 0 Å². The molecule has 2 nitrogen and oxygen atoms in total. The van der Waals surface area contributed by atoms with Gasteiger partial charge in [0.2, 0.25) is 0 Å². The molecule has 1 aliphatic carbocycles. The standard InChI is InChI=1S/C11H16N2/c1-9-5-11(6-9,8-12)10-3-2-4-13-7-10/h2-4,7,9H,5-6,8,12H2,1H3. The quantitative estimate of drug-likeness (QED) is 0.745. The van der Waals surface area contributed by atoms with E-state index in [9.17, 15) is 0 Å². The van der Waals surface area contributed by atoms with Gasteiger partial charge in [0.15, 0.2) is 0 Å². The molecule has 0 atom stereocenters. The van der Waals surface area contributed by atoms with Gasteiger partial charge in [-0.05, 0) is 30.4 Å². The lowest BCUT2D eigenvalue weighted by Gasteiger charge is -2.46. The fraction of sp³-hybridized carbons (Fsp3) is 0.545. The Labute approximate surface area is 79.2 Å². The zero-order valence-electron chi connectivity index (χ0n) is 8.03. The van der Waals surface area contributed by atoms with E-state index in [4.69, 9.17) is 5.73 Å². The van der Waals surface area contributed by atoms with Crippen molar-refractivity contribution < 1.29 is 0 Å². The van der Waals surface area contributed by atoms with Crippen molar-refractivity contribution in [1.82, 2.24) is 4.98 Å². The van der Waals surface area contributed by atoms with E-state index >= 15 is 0 Å². The molecule has 2 N–H and O–H groups in total. The maximum absolute atomic E-state index is 5.84. The third kappa shape index (κ3) is 1.35. The van der Waals surface area contributed by atoms with Gasteiger partial charge >= 0.3 is 0 Å². The molecule has 1 aromatic heterocycles. The third-order valence-corrected chi connectivity index (χ3v) is 3.14. The lowest BCUT2D eigenvalue weighted by Crippen LogP contribution is -2.46. The van der Waals surface area contributed by atoms with Crippen molar-refractivity contribution in [3.63, 3.8) is 0 Å². The Bertz CT molecular complexity index is 275. The fourth-order valence-electron chi connectivity index (χ4n) is 2.47. The van der Waals surface area contributed by atoms with Gasteiger partial charge in [0.05, 0.1) is 0 Å². The maximum Gasteiger partial charge on any atom is 0.0306 e. The first-order chi connectivity index (χ1) is 6.27. The number of aromatic nitrogens is 1. The topological polar surface area (TPSA) is 38.9 Å². The largest absolute Gasteiger partial charge is 0.330 e. The zero-order chi connectivity index (χ0) is 9.31. The second kappa shape index (κ2) is 3.11. The Hall–Kier alpha value is -0.890. The molecular weight excluding hydrogens is 160 g/mol. The second-order valence-corrected chi connectivity index (χ2v) is 4.24. The van der Waals surface area contributed by atoms with Crippen LogP contribution in [0.5, 0.6) is 0 Å². The van der Waals surface area contributed by atoms with Crippen molar-refractivity contribution in [1.29, 1.82) is 0 Å². The van der Waals surface area contributed by atoms with Gasteiger partial charge in [-0.1, -0.05) is 13.0 Å². The molecule has 1 heterocycles. The molecule has 0 spiro atoms. The number of nitrogens with two attached hydrogens (primary N) is 1. The highest BCUT2D eigenvalue weighted by atomic mass is 14.7. The maximum atomic E-state index is 5.84.